The van der Waals surface area contributed by atoms with Crippen molar-refractivity contribution in [1.82, 2.24) is 24.1 Å². The highest BCUT2D eigenvalue weighted by Gasteiger charge is 2.34. The Bertz CT molecular complexity index is 1330. The molecule has 32 heavy (non-hydrogen) atoms. The van der Waals surface area contributed by atoms with E-state index in [1.807, 2.05) is 6.07 Å². The second-order valence-electron chi connectivity index (χ2n) is 8.14. The zero-order valence-electron chi connectivity index (χ0n) is 17.0. The van der Waals surface area contributed by atoms with E-state index >= 15 is 0 Å². The molecule has 1 fully saturated rings. The molecule has 0 saturated heterocycles. The fourth-order valence-corrected chi connectivity index (χ4v) is 4.27. The van der Waals surface area contributed by atoms with E-state index in [1.165, 1.54) is 10.6 Å². The first-order valence-corrected chi connectivity index (χ1v) is 10.3. The SMILES string of the molecule is N#Cc1ccc(-c2cnn(CC3(F)CCCC3)c2)c(-c2ccn3cc(C(F)F)nc3c2)n1. The van der Waals surface area contributed by atoms with Crippen LogP contribution in [0.5, 0.6) is 0 Å². The molecule has 1 saturated carbocycles. The van der Waals surface area contributed by atoms with E-state index in [2.05, 4.69) is 15.1 Å². The summed E-state index contributed by atoms with van der Waals surface area (Å²) < 4.78 is 44.1. The lowest BCUT2D eigenvalue weighted by atomic mass is 10.0. The van der Waals surface area contributed by atoms with Gasteiger partial charge in [-0.15, -0.1) is 0 Å². The second-order valence-corrected chi connectivity index (χ2v) is 8.14. The summed E-state index contributed by atoms with van der Waals surface area (Å²) in [6.45, 7) is 0.197. The third kappa shape index (κ3) is 3.73. The summed E-state index contributed by atoms with van der Waals surface area (Å²) in [6.07, 6.45) is 6.51. The number of rotatable bonds is 5. The van der Waals surface area contributed by atoms with E-state index in [0.717, 1.165) is 18.4 Å². The minimum absolute atomic E-state index is 0.197. The topological polar surface area (TPSA) is 71.8 Å². The van der Waals surface area contributed by atoms with Gasteiger partial charge in [0.05, 0.1) is 18.4 Å². The Balaban J connectivity index is 1.55. The van der Waals surface area contributed by atoms with Crippen LogP contribution in [0.4, 0.5) is 13.2 Å². The number of pyridine rings is 2. The first-order valence-electron chi connectivity index (χ1n) is 10.3. The summed E-state index contributed by atoms with van der Waals surface area (Å²) in [5.74, 6) is 0. The lowest BCUT2D eigenvalue weighted by Gasteiger charge is -2.18. The number of aromatic nitrogens is 5. The Hall–Kier alpha value is -3.67. The minimum Gasteiger partial charge on any atom is -0.307 e. The smallest absolute Gasteiger partial charge is 0.281 e. The van der Waals surface area contributed by atoms with Crippen molar-refractivity contribution in [2.75, 3.05) is 0 Å². The second kappa shape index (κ2) is 7.79. The number of imidazole rings is 1. The van der Waals surface area contributed by atoms with E-state index in [1.54, 1.807) is 47.5 Å². The largest absolute Gasteiger partial charge is 0.307 e. The molecule has 6 nitrogen and oxygen atoms in total. The average molecular weight is 436 g/mol. The van der Waals surface area contributed by atoms with Crippen LogP contribution in [0.15, 0.2) is 49.1 Å². The molecule has 0 bridgehead atoms. The van der Waals surface area contributed by atoms with Gasteiger partial charge in [0, 0.05) is 35.3 Å². The monoisotopic (exact) mass is 436 g/mol. The molecule has 0 radical (unpaired) electrons. The summed E-state index contributed by atoms with van der Waals surface area (Å²) in [5.41, 5.74) is 1.60. The lowest BCUT2D eigenvalue weighted by molar-refractivity contribution is 0.139. The number of fused-ring (bicyclic) bond motifs is 1. The average Bonchev–Trinajstić information content (AvgIpc) is 3.52. The summed E-state index contributed by atoms with van der Waals surface area (Å²) >= 11 is 0. The molecule has 9 heteroatoms. The van der Waals surface area contributed by atoms with Gasteiger partial charge in [-0.3, -0.25) is 4.68 Å². The van der Waals surface area contributed by atoms with Crippen molar-refractivity contribution in [2.24, 2.45) is 0 Å². The van der Waals surface area contributed by atoms with Crippen LogP contribution in [-0.4, -0.2) is 29.8 Å². The van der Waals surface area contributed by atoms with E-state index in [-0.39, 0.29) is 17.9 Å². The van der Waals surface area contributed by atoms with Crippen molar-refractivity contribution < 1.29 is 13.2 Å². The maximum absolute atomic E-state index is 14.9. The van der Waals surface area contributed by atoms with E-state index in [4.69, 9.17) is 0 Å². The van der Waals surface area contributed by atoms with Crippen LogP contribution < -0.4 is 0 Å². The summed E-state index contributed by atoms with van der Waals surface area (Å²) in [6, 6.07) is 8.78. The molecule has 0 N–H and O–H groups in total. The first kappa shape index (κ1) is 20.2. The van der Waals surface area contributed by atoms with E-state index in [9.17, 15) is 18.4 Å². The fraction of sp³-hybridized carbons (Fsp3) is 0.304. The predicted molar refractivity (Wildman–Crippen MR) is 112 cm³/mol. The molecule has 1 aliphatic rings. The Morgan fingerprint density at radius 2 is 1.91 bits per heavy atom. The molecule has 0 aromatic carbocycles. The third-order valence-electron chi connectivity index (χ3n) is 5.87. The standard InChI is InChI=1S/C23H19F3N6/c24-22(25)19-13-31-8-5-15(9-20(31)30-19)21-18(4-3-17(10-27)29-21)16-11-28-32(12-16)14-23(26)6-1-2-7-23/h3-5,8-9,11-13,22H,1-2,6-7,14H2. The molecular weight excluding hydrogens is 417 g/mol. The quantitative estimate of drug-likeness (QED) is 0.423. The van der Waals surface area contributed by atoms with Gasteiger partial charge < -0.3 is 4.40 Å². The van der Waals surface area contributed by atoms with Gasteiger partial charge in [-0.25, -0.2) is 23.1 Å². The number of halogens is 3. The Morgan fingerprint density at radius 3 is 2.66 bits per heavy atom. The van der Waals surface area contributed by atoms with Gasteiger partial charge in [0.2, 0.25) is 0 Å². The zero-order chi connectivity index (χ0) is 22.3. The molecule has 4 heterocycles. The molecule has 4 aromatic rings. The Labute approximate surface area is 182 Å². The van der Waals surface area contributed by atoms with Crippen LogP contribution in [0.1, 0.15) is 43.5 Å². The maximum Gasteiger partial charge on any atom is 0.281 e. The normalized spacial score (nSPS) is 15.5. The van der Waals surface area contributed by atoms with Crippen molar-refractivity contribution in [3.05, 3.63) is 60.4 Å². The van der Waals surface area contributed by atoms with Crippen LogP contribution in [0.25, 0.3) is 28.0 Å². The third-order valence-corrected chi connectivity index (χ3v) is 5.87. The number of alkyl halides is 3. The predicted octanol–water partition coefficient (Wildman–Crippen LogP) is 5.35. The molecule has 1 aliphatic carbocycles. The minimum atomic E-state index is -2.67. The van der Waals surface area contributed by atoms with Crippen LogP contribution >= 0.6 is 0 Å². The zero-order valence-corrected chi connectivity index (χ0v) is 17.0. The number of hydrogen-bond donors (Lipinski definition) is 0. The molecule has 5 rings (SSSR count). The van der Waals surface area contributed by atoms with E-state index < -0.39 is 12.1 Å². The molecule has 0 amide bonds. The Kier molecular flexibility index (Phi) is 4.93. The van der Waals surface area contributed by atoms with Crippen LogP contribution in [-0.2, 0) is 6.54 Å². The van der Waals surface area contributed by atoms with E-state index in [0.29, 0.717) is 35.3 Å². The van der Waals surface area contributed by atoms with Gasteiger partial charge >= 0.3 is 0 Å². The van der Waals surface area contributed by atoms with Gasteiger partial charge in [0.1, 0.15) is 28.8 Å². The van der Waals surface area contributed by atoms with Crippen molar-refractivity contribution in [2.45, 2.75) is 44.3 Å². The maximum atomic E-state index is 14.9. The van der Waals surface area contributed by atoms with Crippen molar-refractivity contribution >= 4 is 5.65 Å². The Morgan fingerprint density at radius 1 is 1.09 bits per heavy atom. The highest BCUT2D eigenvalue weighted by Crippen LogP contribution is 2.36. The highest BCUT2D eigenvalue weighted by atomic mass is 19.3. The first-order chi connectivity index (χ1) is 15.4. The molecule has 0 unspecified atom stereocenters. The molecule has 0 aliphatic heterocycles. The summed E-state index contributed by atoms with van der Waals surface area (Å²) in [5, 5.41) is 13.7. The molecule has 0 spiro atoms. The summed E-state index contributed by atoms with van der Waals surface area (Å²) in [4.78, 5) is 8.43. The van der Waals surface area contributed by atoms with Gasteiger partial charge in [0.15, 0.2) is 0 Å². The fourth-order valence-electron chi connectivity index (χ4n) is 4.27. The van der Waals surface area contributed by atoms with Gasteiger partial charge in [-0.1, -0.05) is 12.8 Å². The van der Waals surface area contributed by atoms with Crippen molar-refractivity contribution in [3.63, 3.8) is 0 Å². The van der Waals surface area contributed by atoms with Gasteiger partial charge in [-0.05, 0) is 37.1 Å². The number of nitriles is 1. The molecule has 4 aromatic heterocycles. The molecule has 162 valence electrons. The van der Waals surface area contributed by atoms with Crippen LogP contribution in [0.2, 0.25) is 0 Å². The molecular formula is C23H19F3N6. The number of hydrogen-bond acceptors (Lipinski definition) is 4. The highest BCUT2D eigenvalue weighted by molar-refractivity contribution is 5.81. The van der Waals surface area contributed by atoms with Crippen molar-refractivity contribution in [1.29, 1.82) is 5.26 Å². The summed E-state index contributed by atoms with van der Waals surface area (Å²) in [7, 11) is 0. The number of nitrogens with zero attached hydrogens (tertiary/aromatic N) is 6. The van der Waals surface area contributed by atoms with Gasteiger partial charge in [0.25, 0.3) is 6.43 Å². The van der Waals surface area contributed by atoms with Crippen molar-refractivity contribution in [3.8, 4) is 28.5 Å². The van der Waals surface area contributed by atoms with Crippen LogP contribution in [0, 0.1) is 11.3 Å². The van der Waals surface area contributed by atoms with Gasteiger partial charge in [-0.2, -0.15) is 10.4 Å². The molecule has 0 atom stereocenters. The van der Waals surface area contributed by atoms with Crippen LogP contribution in [0.3, 0.4) is 0 Å². The lowest BCUT2D eigenvalue weighted by Crippen LogP contribution is -2.25.